The molecular formula is C6H10O7S. The number of rotatable bonds is 1. The Hall–Kier alpha value is -0.250. The molecule has 82 valence electrons. The predicted molar refractivity (Wildman–Crippen MR) is 42.0 cm³/mol. The summed E-state index contributed by atoms with van der Waals surface area (Å²) in [4.78, 5) is -2.22. The third-order valence-corrected chi connectivity index (χ3v) is 3.96. The standard InChI is InChI=1S/C6H10O7S/c7-3-1-13-6(14(9,10)11)4(8)2-12-5(3)6/h3-5,7-8H,1-2H2,(H,9,10,11)/t3-,4+,5-,6+/m1/s1. The van der Waals surface area contributed by atoms with Crippen molar-refractivity contribution in [1.29, 1.82) is 0 Å². The zero-order valence-corrected chi connectivity index (χ0v) is 7.85. The van der Waals surface area contributed by atoms with Gasteiger partial charge in [-0.15, -0.1) is 0 Å². The van der Waals surface area contributed by atoms with Crippen molar-refractivity contribution >= 4 is 10.1 Å². The van der Waals surface area contributed by atoms with Crippen molar-refractivity contribution in [3.05, 3.63) is 0 Å². The average Bonchev–Trinajstić information content (AvgIpc) is 2.53. The highest BCUT2D eigenvalue weighted by Gasteiger charge is 2.67. The van der Waals surface area contributed by atoms with Crippen LogP contribution < -0.4 is 0 Å². The van der Waals surface area contributed by atoms with E-state index in [2.05, 4.69) is 0 Å². The Morgan fingerprint density at radius 3 is 2.43 bits per heavy atom. The van der Waals surface area contributed by atoms with E-state index in [0.29, 0.717) is 0 Å². The fourth-order valence-electron chi connectivity index (χ4n) is 1.87. The van der Waals surface area contributed by atoms with Gasteiger partial charge in [0.25, 0.3) is 4.93 Å². The van der Waals surface area contributed by atoms with Crippen LogP contribution in [0.15, 0.2) is 0 Å². The van der Waals surface area contributed by atoms with Gasteiger partial charge in [0, 0.05) is 0 Å². The van der Waals surface area contributed by atoms with E-state index in [-0.39, 0.29) is 13.2 Å². The van der Waals surface area contributed by atoms with Gasteiger partial charge >= 0.3 is 10.1 Å². The van der Waals surface area contributed by atoms with Crippen LogP contribution in [0.3, 0.4) is 0 Å². The molecule has 2 aliphatic rings. The first-order valence-corrected chi connectivity index (χ1v) is 5.42. The van der Waals surface area contributed by atoms with Gasteiger partial charge in [0.05, 0.1) is 13.2 Å². The topological polar surface area (TPSA) is 113 Å². The fraction of sp³-hybridized carbons (Fsp3) is 1.00. The highest BCUT2D eigenvalue weighted by Crippen LogP contribution is 2.41. The minimum atomic E-state index is -4.64. The lowest BCUT2D eigenvalue weighted by Crippen LogP contribution is -2.53. The number of aliphatic hydroxyl groups is 2. The Labute approximate surface area is 80.0 Å². The van der Waals surface area contributed by atoms with Crippen molar-refractivity contribution in [2.24, 2.45) is 0 Å². The summed E-state index contributed by atoms with van der Waals surface area (Å²) in [5.74, 6) is 0. The van der Waals surface area contributed by atoms with Gasteiger partial charge in [0.1, 0.15) is 18.3 Å². The molecule has 0 spiro atoms. The van der Waals surface area contributed by atoms with Crippen LogP contribution in [-0.2, 0) is 19.6 Å². The molecule has 7 nitrogen and oxygen atoms in total. The summed E-state index contributed by atoms with van der Waals surface area (Å²) in [7, 11) is -4.64. The second-order valence-corrected chi connectivity index (χ2v) is 4.93. The minimum Gasteiger partial charge on any atom is -0.388 e. The van der Waals surface area contributed by atoms with E-state index in [0.717, 1.165) is 0 Å². The molecule has 0 amide bonds. The van der Waals surface area contributed by atoms with Crippen LogP contribution in [0.4, 0.5) is 0 Å². The third kappa shape index (κ3) is 1.06. The van der Waals surface area contributed by atoms with E-state index in [1.165, 1.54) is 0 Å². The molecule has 0 aliphatic carbocycles. The lowest BCUT2D eigenvalue weighted by Gasteiger charge is -2.25. The molecule has 0 aromatic carbocycles. The van der Waals surface area contributed by atoms with Crippen LogP contribution in [0.2, 0.25) is 0 Å². The molecule has 4 atom stereocenters. The average molecular weight is 226 g/mol. The van der Waals surface area contributed by atoms with Crippen molar-refractivity contribution in [2.75, 3.05) is 13.2 Å². The van der Waals surface area contributed by atoms with Crippen LogP contribution >= 0.6 is 0 Å². The smallest absolute Gasteiger partial charge is 0.300 e. The van der Waals surface area contributed by atoms with Crippen LogP contribution in [0.25, 0.3) is 0 Å². The summed E-state index contributed by atoms with van der Waals surface area (Å²) < 4.78 is 40.8. The maximum Gasteiger partial charge on any atom is 0.300 e. The Kier molecular flexibility index (Phi) is 2.11. The summed E-state index contributed by atoms with van der Waals surface area (Å²) in [5, 5.41) is 18.7. The first kappa shape index (κ1) is 10.3. The van der Waals surface area contributed by atoms with Crippen molar-refractivity contribution < 1.29 is 32.7 Å². The largest absolute Gasteiger partial charge is 0.388 e. The Morgan fingerprint density at radius 1 is 1.29 bits per heavy atom. The zero-order chi connectivity index (χ0) is 10.6. The summed E-state index contributed by atoms with van der Waals surface area (Å²) >= 11 is 0. The molecule has 3 N–H and O–H groups in total. The molecule has 0 radical (unpaired) electrons. The maximum atomic E-state index is 11.1. The van der Waals surface area contributed by atoms with E-state index in [9.17, 15) is 18.6 Å². The highest BCUT2D eigenvalue weighted by molar-refractivity contribution is 7.87. The van der Waals surface area contributed by atoms with Crippen LogP contribution in [0.5, 0.6) is 0 Å². The normalized spacial score (nSPS) is 48.1. The first-order chi connectivity index (χ1) is 6.39. The molecule has 0 aromatic rings. The highest BCUT2D eigenvalue weighted by atomic mass is 32.2. The van der Waals surface area contributed by atoms with Gasteiger partial charge in [-0.2, -0.15) is 8.42 Å². The van der Waals surface area contributed by atoms with E-state index < -0.39 is 33.4 Å². The lowest BCUT2D eigenvalue weighted by molar-refractivity contribution is -0.0209. The molecular weight excluding hydrogens is 216 g/mol. The SMILES string of the molecule is O=S(=O)(O)[C@]12OC[C@@H](O)[C@H]1OC[C@@H]2O. The molecule has 0 unspecified atom stereocenters. The molecule has 2 aliphatic heterocycles. The first-order valence-electron chi connectivity index (χ1n) is 3.98. The van der Waals surface area contributed by atoms with E-state index in [1.54, 1.807) is 0 Å². The molecule has 2 saturated heterocycles. The second kappa shape index (κ2) is 2.87. The Bertz CT molecular complexity index is 338. The van der Waals surface area contributed by atoms with Crippen molar-refractivity contribution in [2.45, 2.75) is 23.2 Å². The molecule has 8 heteroatoms. The molecule has 2 fully saturated rings. The number of aliphatic hydroxyl groups excluding tert-OH is 2. The summed E-state index contributed by atoms with van der Waals surface area (Å²) in [5.41, 5.74) is 0. The van der Waals surface area contributed by atoms with Gasteiger partial charge in [-0.3, -0.25) is 4.55 Å². The van der Waals surface area contributed by atoms with Gasteiger partial charge in [-0.05, 0) is 0 Å². The maximum absolute atomic E-state index is 11.1. The van der Waals surface area contributed by atoms with Crippen molar-refractivity contribution in [3.63, 3.8) is 0 Å². The molecule has 0 bridgehead atoms. The molecule has 14 heavy (non-hydrogen) atoms. The zero-order valence-electron chi connectivity index (χ0n) is 7.03. The van der Waals surface area contributed by atoms with Gasteiger partial charge in [0.2, 0.25) is 0 Å². The van der Waals surface area contributed by atoms with Gasteiger partial charge in [-0.1, -0.05) is 0 Å². The van der Waals surface area contributed by atoms with Crippen molar-refractivity contribution in [3.8, 4) is 0 Å². The predicted octanol–water partition coefficient (Wildman–Crippen LogP) is -2.28. The quantitative estimate of drug-likeness (QED) is 0.432. The van der Waals surface area contributed by atoms with E-state index >= 15 is 0 Å². The van der Waals surface area contributed by atoms with E-state index in [1.807, 2.05) is 0 Å². The van der Waals surface area contributed by atoms with Crippen LogP contribution in [0, 0.1) is 0 Å². The van der Waals surface area contributed by atoms with Crippen LogP contribution in [-0.4, -0.2) is 59.6 Å². The number of hydrogen-bond acceptors (Lipinski definition) is 6. The fourth-order valence-corrected chi connectivity index (χ4v) is 3.02. The van der Waals surface area contributed by atoms with E-state index in [4.69, 9.17) is 14.0 Å². The number of fused-ring (bicyclic) bond motifs is 1. The number of hydrogen-bond donors (Lipinski definition) is 3. The summed E-state index contributed by atoms with van der Waals surface area (Å²) in [6.45, 7) is -0.580. The second-order valence-electron chi connectivity index (χ2n) is 3.34. The molecule has 2 heterocycles. The molecule has 2 rings (SSSR count). The van der Waals surface area contributed by atoms with Gasteiger partial charge in [0.15, 0.2) is 0 Å². The van der Waals surface area contributed by atoms with Gasteiger partial charge in [-0.25, -0.2) is 0 Å². The summed E-state index contributed by atoms with van der Waals surface area (Å²) in [6, 6.07) is 0. The Morgan fingerprint density at radius 2 is 1.93 bits per heavy atom. The minimum absolute atomic E-state index is 0.290. The Balaban J connectivity index is 2.49. The molecule has 0 aromatic heterocycles. The number of ether oxygens (including phenoxy) is 2. The van der Waals surface area contributed by atoms with Crippen molar-refractivity contribution in [1.82, 2.24) is 0 Å². The van der Waals surface area contributed by atoms with Gasteiger partial charge < -0.3 is 19.7 Å². The van der Waals surface area contributed by atoms with Crippen LogP contribution in [0.1, 0.15) is 0 Å². The monoisotopic (exact) mass is 226 g/mol. The lowest BCUT2D eigenvalue weighted by atomic mass is 10.1. The third-order valence-electron chi connectivity index (χ3n) is 2.53. The molecule has 0 saturated carbocycles. The summed E-state index contributed by atoms with van der Waals surface area (Å²) in [6.07, 6.45) is -3.87.